The highest BCUT2D eigenvalue weighted by Crippen LogP contribution is 2.29. The van der Waals surface area contributed by atoms with Crippen molar-refractivity contribution in [1.29, 1.82) is 0 Å². The first-order valence-electron chi connectivity index (χ1n) is 6.19. The number of aromatic nitrogens is 1. The molecule has 0 spiro atoms. The lowest BCUT2D eigenvalue weighted by Crippen LogP contribution is -2.44. The molecule has 0 aliphatic carbocycles. The van der Waals surface area contributed by atoms with Gasteiger partial charge in [-0.1, -0.05) is 19.9 Å². The van der Waals surface area contributed by atoms with Gasteiger partial charge >= 0.3 is 6.18 Å². The lowest BCUT2D eigenvalue weighted by atomic mass is 9.91. The Bertz CT molecular complexity index is 418. The second kappa shape index (κ2) is 5.77. The Morgan fingerprint density at radius 1 is 1.32 bits per heavy atom. The minimum absolute atomic E-state index is 0.198. The molecular formula is C13H20F3N3. The SMILES string of the molecule is CC(C)CC(C)(CN)Nc1cccc(C(F)(F)F)n1. The molecule has 19 heavy (non-hydrogen) atoms. The molecule has 1 heterocycles. The molecule has 0 amide bonds. The van der Waals surface area contributed by atoms with Crippen molar-refractivity contribution in [3.63, 3.8) is 0 Å². The van der Waals surface area contributed by atoms with Crippen molar-refractivity contribution in [1.82, 2.24) is 4.98 Å². The van der Waals surface area contributed by atoms with Gasteiger partial charge in [0.05, 0.1) is 0 Å². The maximum absolute atomic E-state index is 12.6. The van der Waals surface area contributed by atoms with Crippen molar-refractivity contribution in [3.8, 4) is 0 Å². The fourth-order valence-corrected chi connectivity index (χ4v) is 2.06. The fourth-order valence-electron chi connectivity index (χ4n) is 2.06. The van der Waals surface area contributed by atoms with Gasteiger partial charge < -0.3 is 11.1 Å². The van der Waals surface area contributed by atoms with E-state index in [0.717, 1.165) is 12.5 Å². The maximum Gasteiger partial charge on any atom is 0.433 e. The molecule has 1 rings (SSSR count). The van der Waals surface area contributed by atoms with Crippen LogP contribution in [0.3, 0.4) is 0 Å². The Morgan fingerprint density at radius 2 is 1.95 bits per heavy atom. The highest BCUT2D eigenvalue weighted by Gasteiger charge is 2.33. The Balaban J connectivity index is 2.92. The molecule has 1 unspecified atom stereocenters. The monoisotopic (exact) mass is 275 g/mol. The number of nitrogens with zero attached hydrogens (tertiary/aromatic N) is 1. The van der Waals surface area contributed by atoms with Gasteiger partial charge in [-0.3, -0.25) is 0 Å². The van der Waals surface area contributed by atoms with E-state index >= 15 is 0 Å². The molecule has 3 N–H and O–H groups in total. The average molecular weight is 275 g/mol. The molecule has 0 fully saturated rings. The first-order chi connectivity index (χ1) is 8.66. The first kappa shape index (κ1) is 15.8. The number of halogens is 3. The number of pyridine rings is 1. The number of anilines is 1. The van der Waals surface area contributed by atoms with Crippen LogP contribution in [0.4, 0.5) is 19.0 Å². The standard InChI is InChI=1S/C13H20F3N3/c1-9(2)7-12(3,8-17)19-11-6-4-5-10(18-11)13(14,15)16/h4-6,9H,7-8,17H2,1-3H3,(H,18,19). The molecular weight excluding hydrogens is 255 g/mol. The molecule has 108 valence electrons. The number of nitrogens with one attached hydrogen (secondary N) is 1. The molecule has 0 aromatic carbocycles. The summed E-state index contributed by atoms with van der Waals surface area (Å²) in [6.45, 7) is 6.28. The van der Waals surface area contributed by atoms with Gasteiger partial charge in [-0.15, -0.1) is 0 Å². The summed E-state index contributed by atoms with van der Waals surface area (Å²) in [5.41, 5.74) is 4.35. The number of nitrogens with two attached hydrogens (primary N) is 1. The summed E-state index contributed by atoms with van der Waals surface area (Å²) in [5, 5.41) is 3.01. The molecule has 0 radical (unpaired) electrons. The molecule has 0 bridgehead atoms. The van der Waals surface area contributed by atoms with Crippen LogP contribution in [0.2, 0.25) is 0 Å². The van der Waals surface area contributed by atoms with E-state index in [1.165, 1.54) is 12.1 Å². The summed E-state index contributed by atoms with van der Waals surface area (Å²) in [6, 6.07) is 3.81. The van der Waals surface area contributed by atoms with Gasteiger partial charge in [-0.25, -0.2) is 4.98 Å². The normalized spacial score (nSPS) is 15.4. The summed E-state index contributed by atoms with van der Waals surface area (Å²) >= 11 is 0. The Kier molecular flexibility index (Phi) is 4.79. The zero-order chi connectivity index (χ0) is 14.7. The predicted molar refractivity (Wildman–Crippen MR) is 69.8 cm³/mol. The zero-order valence-corrected chi connectivity index (χ0v) is 11.4. The van der Waals surface area contributed by atoms with Crippen LogP contribution in [-0.4, -0.2) is 17.1 Å². The van der Waals surface area contributed by atoms with Crippen LogP contribution < -0.4 is 11.1 Å². The highest BCUT2D eigenvalue weighted by molar-refractivity contribution is 5.39. The van der Waals surface area contributed by atoms with Crippen LogP contribution in [0.5, 0.6) is 0 Å². The Morgan fingerprint density at radius 3 is 2.42 bits per heavy atom. The van der Waals surface area contributed by atoms with Gasteiger partial charge in [-0.05, 0) is 31.4 Å². The van der Waals surface area contributed by atoms with E-state index in [4.69, 9.17) is 5.73 Å². The summed E-state index contributed by atoms with van der Waals surface area (Å²) in [4.78, 5) is 3.59. The third kappa shape index (κ3) is 4.70. The number of hydrogen-bond donors (Lipinski definition) is 2. The van der Waals surface area contributed by atoms with Crippen molar-refractivity contribution >= 4 is 5.82 Å². The molecule has 1 aromatic heterocycles. The molecule has 0 aliphatic rings. The van der Waals surface area contributed by atoms with Crippen LogP contribution in [0.1, 0.15) is 32.9 Å². The zero-order valence-electron chi connectivity index (χ0n) is 11.4. The van der Waals surface area contributed by atoms with Gasteiger partial charge in [0.15, 0.2) is 0 Å². The molecule has 0 aliphatic heterocycles. The van der Waals surface area contributed by atoms with Crippen LogP contribution in [-0.2, 0) is 6.18 Å². The van der Waals surface area contributed by atoms with Gasteiger partial charge in [-0.2, -0.15) is 13.2 Å². The molecule has 0 saturated carbocycles. The average Bonchev–Trinajstić information content (AvgIpc) is 2.27. The van der Waals surface area contributed by atoms with Gasteiger partial charge in [0, 0.05) is 12.1 Å². The molecule has 3 nitrogen and oxygen atoms in total. The van der Waals surface area contributed by atoms with Gasteiger partial charge in [0.1, 0.15) is 11.5 Å². The third-order valence-corrected chi connectivity index (χ3v) is 2.78. The molecule has 6 heteroatoms. The summed E-state index contributed by atoms with van der Waals surface area (Å²) in [7, 11) is 0. The molecule has 1 aromatic rings. The summed E-state index contributed by atoms with van der Waals surface area (Å²) in [5.74, 6) is 0.579. The van der Waals surface area contributed by atoms with Crippen LogP contribution in [0.15, 0.2) is 18.2 Å². The summed E-state index contributed by atoms with van der Waals surface area (Å²) < 4.78 is 37.7. The van der Waals surface area contributed by atoms with E-state index in [-0.39, 0.29) is 5.82 Å². The molecule has 1 atom stereocenters. The first-order valence-corrected chi connectivity index (χ1v) is 6.19. The fraction of sp³-hybridized carbons (Fsp3) is 0.615. The second-order valence-corrected chi connectivity index (χ2v) is 5.39. The van der Waals surface area contributed by atoms with E-state index in [0.29, 0.717) is 12.5 Å². The van der Waals surface area contributed by atoms with Crippen LogP contribution in [0, 0.1) is 5.92 Å². The third-order valence-electron chi connectivity index (χ3n) is 2.78. The van der Waals surface area contributed by atoms with Crippen LogP contribution >= 0.6 is 0 Å². The Hall–Kier alpha value is -1.30. The van der Waals surface area contributed by atoms with E-state index in [2.05, 4.69) is 10.3 Å². The second-order valence-electron chi connectivity index (χ2n) is 5.39. The van der Waals surface area contributed by atoms with E-state index < -0.39 is 17.4 Å². The van der Waals surface area contributed by atoms with E-state index in [1.54, 1.807) is 0 Å². The number of hydrogen-bond acceptors (Lipinski definition) is 3. The van der Waals surface area contributed by atoms with Crippen molar-refractivity contribution in [2.24, 2.45) is 11.7 Å². The molecule has 0 saturated heterocycles. The highest BCUT2D eigenvalue weighted by atomic mass is 19.4. The lowest BCUT2D eigenvalue weighted by molar-refractivity contribution is -0.141. The van der Waals surface area contributed by atoms with E-state index in [1.807, 2.05) is 20.8 Å². The number of rotatable bonds is 5. The van der Waals surface area contributed by atoms with Gasteiger partial charge in [0.2, 0.25) is 0 Å². The Labute approximate surface area is 111 Å². The lowest BCUT2D eigenvalue weighted by Gasteiger charge is -2.32. The van der Waals surface area contributed by atoms with Crippen molar-refractivity contribution in [2.45, 2.75) is 38.9 Å². The predicted octanol–water partition coefficient (Wildman–Crippen LogP) is 3.28. The van der Waals surface area contributed by atoms with Crippen molar-refractivity contribution in [3.05, 3.63) is 23.9 Å². The smallest absolute Gasteiger partial charge is 0.364 e. The largest absolute Gasteiger partial charge is 0.433 e. The maximum atomic E-state index is 12.6. The minimum atomic E-state index is -4.44. The minimum Gasteiger partial charge on any atom is -0.364 e. The topological polar surface area (TPSA) is 50.9 Å². The number of alkyl halides is 3. The van der Waals surface area contributed by atoms with Crippen molar-refractivity contribution < 1.29 is 13.2 Å². The van der Waals surface area contributed by atoms with E-state index in [9.17, 15) is 13.2 Å². The quantitative estimate of drug-likeness (QED) is 0.867. The van der Waals surface area contributed by atoms with Gasteiger partial charge in [0.25, 0.3) is 0 Å². The summed E-state index contributed by atoms with van der Waals surface area (Å²) in [6.07, 6.45) is -3.68. The van der Waals surface area contributed by atoms with Crippen LogP contribution in [0.25, 0.3) is 0 Å². The van der Waals surface area contributed by atoms with Crippen molar-refractivity contribution in [2.75, 3.05) is 11.9 Å².